The molecule has 2 atom stereocenters. The Morgan fingerprint density at radius 2 is 1.00 bits per heavy atom. The van der Waals surface area contributed by atoms with Gasteiger partial charge in [0.25, 0.3) is 0 Å². The molecule has 0 aromatic heterocycles. The summed E-state index contributed by atoms with van der Waals surface area (Å²) in [5.41, 5.74) is 3.46. The number of ketones is 2. The van der Waals surface area contributed by atoms with Gasteiger partial charge in [-0.15, -0.1) is 0 Å². The zero-order valence-electron chi connectivity index (χ0n) is 19.0. The molecule has 1 aliphatic rings. The van der Waals surface area contributed by atoms with Crippen molar-refractivity contribution in [3.8, 4) is 0 Å². The summed E-state index contributed by atoms with van der Waals surface area (Å²) in [5.74, 6) is 0.914. The molecule has 30 heavy (non-hydrogen) atoms. The van der Waals surface area contributed by atoms with Crippen molar-refractivity contribution < 1.29 is 9.59 Å². The van der Waals surface area contributed by atoms with Gasteiger partial charge in [-0.1, -0.05) is 52.0 Å². The highest BCUT2D eigenvalue weighted by Crippen LogP contribution is 2.37. The average Bonchev–Trinajstić information content (AvgIpc) is 2.65. The lowest BCUT2D eigenvalue weighted by molar-refractivity contribution is 0.0980. The van der Waals surface area contributed by atoms with E-state index in [9.17, 15) is 9.59 Å². The first-order valence-electron chi connectivity index (χ1n) is 11.1. The Balaban J connectivity index is 2.08. The number of rotatable bonds is 8. The molecular formula is C26H34N2O2. The van der Waals surface area contributed by atoms with Crippen LogP contribution in [0.2, 0.25) is 0 Å². The zero-order chi connectivity index (χ0) is 22.0. The Labute approximate surface area is 180 Å². The van der Waals surface area contributed by atoms with E-state index in [2.05, 4.69) is 52.2 Å². The van der Waals surface area contributed by atoms with E-state index in [1.807, 2.05) is 24.3 Å². The summed E-state index contributed by atoms with van der Waals surface area (Å²) in [4.78, 5) is 26.9. The van der Waals surface area contributed by atoms with Crippen molar-refractivity contribution in [3.05, 3.63) is 58.7 Å². The third-order valence-electron chi connectivity index (χ3n) is 5.53. The summed E-state index contributed by atoms with van der Waals surface area (Å²) in [7, 11) is 0. The van der Waals surface area contributed by atoms with Crippen LogP contribution < -0.4 is 10.6 Å². The van der Waals surface area contributed by atoms with Crippen molar-refractivity contribution >= 4 is 22.9 Å². The van der Waals surface area contributed by atoms with E-state index in [1.54, 1.807) is 12.1 Å². The predicted molar refractivity (Wildman–Crippen MR) is 125 cm³/mol. The average molecular weight is 407 g/mol. The first kappa shape index (κ1) is 22.1. The van der Waals surface area contributed by atoms with Gasteiger partial charge in [-0.25, -0.2) is 0 Å². The Hall–Kier alpha value is -2.62. The number of carbonyl (C=O) groups is 2. The molecule has 2 aromatic carbocycles. The standard InChI is InChI=1S/C26H34N2O2/c1-15(2)13-17(5)27-21-11-12-22(28-18(6)14-16(3)4)24-23(21)25(29)19-9-7-8-10-20(19)26(24)30/h7-12,15-18,27-28H,13-14H2,1-6H3. The highest BCUT2D eigenvalue weighted by Gasteiger charge is 2.34. The number of carbonyl (C=O) groups excluding carboxylic acids is 2. The van der Waals surface area contributed by atoms with E-state index in [4.69, 9.17) is 0 Å². The number of hydrogen-bond donors (Lipinski definition) is 2. The van der Waals surface area contributed by atoms with Crippen molar-refractivity contribution in [1.82, 2.24) is 0 Å². The van der Waals surface area contributed by atoms with Gasteiger partial charge in [0.05, 0.1) is 11.1 Å². The van der Waals surface area contributed by atoms with Crippen LogP contribution in [-0.2, 0) is 0 Å². The lowest BCUT2D eigenvalue weighted by Gasteiger charge is -2.27. The minimum absolute atomic E-state index is 0.0837. The van der Waals surface area contributed by atoms with Crippen molar-refractivity contribution in [2.45, 2.75) is 66.5 Å². The Morgan fingerprint density at radius 3 is 1.33 bits per heavy atom. The number of benzene rings is 2. The predicted octanol–water partition coefficient (Wildman–Crippen LogP) is 6.16. The number of hydrogen-bond acceptors (Lipinski definition) is 4. The van der Waals surface area contributed by atoms with Crippen molar-refractivity contribution in [3.63, 3.8) is 0 Å². The fraction of sp³-hybridized carbons (Fsp3) is 0.462. The largest absolute Gasteiger partial charge is 0.382 e. The summed E-state index contributed by atoms with van der Waals surface area (Å²) in [6.45, 7) is 13.0. The molecule has 1 aliphatic carbocycles. The molecule has 4 heteroatoms. The first-order chi connectivity index (χ1) is 14.2. The summed E-state index contributed by atoms with van der Waals surface area (Å²) in [5, 5.41) is 6.99. The molecule has 160 valence electrons. The SMILES string of the molecule is CC(C)CC(C)Nc1ccc(NC(C)CC(C)C)c2c1C(=O)c1ccccc1C2=O. The molecule has 4 nitrogen and oxygen atoms in total. The number of anilines is 2. The van der Waals surface area contributed by atoms with Crippen molar-refractivity contribution in [2.24, 2.45) is 11.8 Å². The third kappa shape index (κ3) is 4.58. The molecule has 0 aliphatic heterocycles. The van der Waals surface area contributed by atoms with Gasteiger partial charge in [-0.05, 0) is 50.7 Å². The minimum atomic E-state index is -0.0837. The normalized spacial score (nSPS) is 15.1. The van der Waals surface area contributed by atoms with Crippen LogP contribution in [0.1, 0.15) is 86.2 Å². The maximum Gasteiger partial charge on any atom is 0.196 e. The molecule has 3 rings (SSSR count). The van der Waals surface area contributed by atoms with Gasteiger partial charge in [0.1, 0.15) is 0 Å². The highest BCUT2D eigenvalue weighted by atomic mass is 16.1. The summed E-state index contributed by atoms with van der Waals surface area (Å²) in [6, 6.07) is 11.4. The summed E-state index contributed by atoms with van der Waals surface area (Å²) in [6.07, 6.45) is 1.97. The summed E-state index contributed by atoms with van der Waals surface area (Å²) >= 11 is 0. The fourth-order valence-electron chi connectivity index (χ4n) is 4.53. The maximum atomic E-state index is 13.5. The fourth-order valence-corrected chi connectivity index (χ4v) is 4.53. The van der Waals surface area contributed by atoms with Gasteiger partial charge in [-0.3, -0.25) is 9.59 Å². The smallest absolute Gasteiger partial charge is 0.196 e. The van der Waals surface area contributed by atoms with Crippen LogP contribution >= 0.6 is 0 Å². The van der Waals surface area contributed by atoms with Crippen LogP contribution in [0.15, 0.2) is 36.4 Å². The first-order valence-corrected chi connectivity index (χ1v) is 11.1. The molecule has 2 aromatic rings. The monoisotopic (exact) mass is 406 g/mol. The van der Waals surface area contributed by atoms with Gasteiger partial charge >= 0.3 is 0 Å². The maximum absolute atomic E-state index is 13.5. The minimum Gasteiger partial charge on any atom is -0.382 e. The van der Waals surface area contributed by atoms with E-state index in [1.165, 1.54) is 0 Å². The van der Waals surface area contributed by atoms with Crippen molar-refractivity contribution in [1.29, 1.82) is 0 Å². The Morgan fingerprint density at radius 1 is 0.633 bits per heavy atom. The molecule has 0 spiro atoms. The van der Waals surface area contributed by atoms with Crippen LogP contribution in [0.4, 0.5) is 11.4 Å². The van der Waals surface area contributed by atoms with E-state index >= 15 is 0 Å². The topological polar surface area (TPSA) is 58.2 Å². The number of nitrogens with one attached hydrogen (secondary N) is 2. The highest BCUT2D eigenvalue weighted by molar-refractivity contribution is 6.31. The third-order valence-corrected chi connectivity index (χ3v) is 5.53. The second kappa shape index (κ2) is 9.03. The van der Waals surface area contributed by atoms with E-state index < -0.39 is 0 Å². The molecule has 2 N–H and O–H groups in total. The lowest BCUT2D eigenvalue weighted by atomic mass is 9.82. The van der Waals surface area contributed by atoms with E-state index in [0.29, 0.717) is 34.1 Å². The Bertz CT molecular complexity index is 870. The number of fused-ring (bicyclic) bond motifs is 2. The molecule has 0 saturated heterocycles. The molecule has 0 saturated carbocycles. The molecule has 0 amide bonds. The van der Waals surface area contributed by atoms with E-state index in [0.717, 1.165) is 24.2 Å². The second-order valence-electron chi connectivity index (χ2n) is 9.46. The lowest BCUT2D eigenvalue weighted by Crippen LogP contribution is -2.27. The van der Waals surface area contributed by atoms with Crippen LogP contribution in [0.3, 0.4) is 0 Å². The zero-order valence-corrected chi connectivity index (χ0v) is 19.0. The Kier molecular flexibility index (Phi) is 6.64. The van der Waals surface area contributed by atoms with Crippen molar-refractivity contribution in [2.75, 3.05) is 10.6 Å². The molecule has 0 bridgehead atoms. The van der Waals surface area contributed by atoms with Gasteiger partial charge in [0, 0.05) is 34.6 Å². The quantitative estimate of drug-likeness (QED) is 0.471. The van der Waals surface area contributed by atoms with Crippen LogP contribution in [-0.4, -0.2) is 23.7 Å². The van der Waals surface area contributed by atoms with E-state index in [-0.39, 0.29) is 23.7 Å². The molecule has 0 fully saturated rings. The van der Waals surface area contributed by atoms with Crippen LogP contribution in [0, 0.1) is 11.8 Å². The second-order valence-corrected chi connectivity index (χ2v) is 9.46. The van der Waals surface area contributed by atoms with Gasteiger partial charge < -0.3 is 10.6 Å². The van der Waals surface area contributed by atoms with Crippen LogP contribution in [0.25, 0.3) is 0 Å². The van der Waals surface area contributed by atoms with Crippen LogP contribution in [0.5, 0.6) is 0 Å². The molecule has 0 heterocycles. The molecular weight excluding hydrogens is 372 g/mol. The molecule has 0 radical (unpaired) electrons. The summed E-state index contributed by atoms with van der Waals surface area (Å²) < 4.78 is 0. The molecule has 2 unspecified atom stereocenters. The van der Waals surface area contributed by atoms with Gasteiger partial charge in [-0.2, -0.15) is 0 Å². The van der Waals surface area contributed by atoms with Gasteiger partial charge in [0.15, 0.2) is 11.6 Å². The van der Waals surface area contributed by atoms with Gasteiger partial charge in [0.2, 0.25) is 0 Å².